The van der Waals surface area contributed by atoms with Crippen molar-refractivity contribution in [3.63, 3.8) is 0 Å². The van der Waals surface area contributed by atoms with Crippen molar-refractivity contribution in [2.24, 2.45) is 11.8 Å². The summed E-state index contributed by atoms with van der Waals surface area (Å²) in [5, 5.41) is 6.29. The molecule has 1 spiro atoms. The molecule has 2 amide bonds. The second kappa shape index (κ2) is 6.63. The molecule has 7 heteroatoms. The van der Waals surface area contributed by atoms with Gasteiger partial charge in [0, 0.05) is 44.4 Å². The number of alkyl carbamates (subject to hydrolysis) is 1. The van der Waals surface area contributed by atoms with E-state index in [4.69, 9.17) is 4.74 Å². The highest BCUT2D eigenvalue weighted by Gasteiger charge is 2.51. The second-order valence-corrected chi connectivity index (χ2v) is 7.24. The molecule has 4 rings (SSSR count). The van der Waals surface area contributed by atoms with Crippen LogP contribution in [0, 0.1) is 11.8 Å². The Labute approximate surface area is 147 Å². The van der Waals surface area contributed by atoms with Gasteiger partial charge in [0.2, 0.25) is 0 Å². The zero-order valence-electron chi connectivity index (χ0n) is 14.2. The highest BCUT2D eigenvalue weighted by Crippen LogP contribution is 2.40. The van der Waals surface area contributed by atoms with E-state index in [1.54, 1.807) is 18.5 Å². The van der Waals surface area contributed by atoms with E-state index in [1.807, 2.05) is 11.0 Å². The molecule has 0 aromatic carbocycles. The van der Waals surface area contributed by atoms with Crippen molar-refractivity contribution >= 4 is 12.0 Å². The fourth-order valence-corrected chi connectivity index (χ4v) is 4.53. The van der Waals surface area contributed by atoms with Crippen LogP contribution in [0.25, 0.3) is 0 Å². The van der Waals surface area contributed by atoms with E-state index < -0.39 is 0 Å². The second-order valence-electron chi connectivity index (χ2n) is 7.24. The summed E-state index contributed by atoms with van der Waals surface area (Å²) < 4.78 is 5.72. The standard InChI is InChI=1S/C18H24N4O3/c23-16(14-2-1-6-19-10-14)22-8-3-13(4-9-22)15-11-20-7-5-18(15)12-21-17(24)25-18/h1-2,6,10,13,15,20H,3-5,7-9,11-12H2,(H,21,24). The van der Waals surface area contributed by atoms with Gasteiger partial charge in [0.05, 0.1) is 12.1 Å². The Balaban J connectivity index is 1.41. The fourth-order valence-electron chi connectivity index (χ4n) is 4.53. The van der Waals surface area contributed by atoms with Crippen LogP contribution >= 0.6 is 0 Å². The Morgan fingerprint density at radius 1 is 1.36 bits per heavy atom. The molecule has 1 aromatic rings. The number of ether oxygens (including phenoxy) is 1. The molecule has 3 aliphatic rings. The smallest absolute Gasteiger partial charge is 0.407 e. The summed E-state index contributed by atoms with van der Waals surface area (Å²) in [6.45, 7) is 3.84. The number of nitrogens with one attached hydrogen (secondary N) is 2. The van der Waals surface area contributed by atoms with Crippen molar-refractivity contribution in [2.45, 2.75) is 24.9 Å². The van der Waals surface area contributed by atoms with E-state index >= 15 is 0 Å². The van der Waals surface area contributed by atoms with Gasteiger partial charge in [-0.1, -0.05) is 0 Å². The Hall–Kier alpha value is -2.15. The lowest BCUT2D eigenvalue weighted by molar-refractivity contribution is -0.0478. The van der Waals surface area contributed by atoms with Crippen LogP contribution < -0.4 is 10.6 Å². The fraction of sp³-hybridized carbons (Fsp3) is 0.611. The monoisotopic (exact) mass is 344 g/mol. The number of pyridine rings is 1. The van der Waals surface area contributed by atoms with E-state index in [2.05, 4.69) is 15.6 Å². The summed E-state index contributed by atoms with van der Waals surface area (Å²) in [5.41, 5.74) is 0.272. The molecule has 0 bridgehead atoms. The van der Waals surface area contributed by atoms with Gasteiger partial charge in [0.25, 0.3) is 5.91 Å². The van der Waals surface area contributed by atoms with Crippen LogP contribution in [0.1, 0.15) is 29.6 Å². The molecule has 134 valence electrons. The van der Waals surface area contributed by atoms with Gasteiger partial charge in [0.15, 0.2) is 0 Å². The van der Waals surface area contributed by atoms with Gasteiger partial charge in [-0.3, -0.25) is 9.78 Å². The molecule has 3 saturated heterocycles. The zero-order valence-corrected chi connectivity index (χ0v) is 14.2. The molecular weight excluding hydrogens is 320 g/mol. The lowest BCUT2D eigenvalue weighted by atomic mass is 9.71. The zero-order chi connectivity index (χ0) is 17.3. The average molecular weight is 344 g/mol. The summed E-state index contributed by atoms with van der Waals surface area (Å²) >= 11 is 0. The molecule has 0 saturated carbocycles. The molecule has 4 heterocycles. The predicted octanol–water partition coefficient (Wildman–Crippen LogP) is 1.02. The van der Waals surface area contributed by atoms with E-state index in [0.717, 1.165) is 45.4 Å². The number of likely N-dealkylation sites (tertiary alicyclic amines) is 1. The molecule has 2 N–H and O–H groups in total. The van der Waals surface area contributed by atoms with E-state index in [9.17, 15) is 9.59 Å². The van der Waals surface area contributed by atoms with Crippen molar-refractivity contribution in [3.8, 4) is 0 Å². The lowest BCUT2D eigenvalue weighted by Gasteiger charge is -2.45. The van der Waals surface area contributed by atoms with Crippen LogP contribution in [-0.4, -0.2) is 60.2 Å². The summed E-state index contributed by atoms with van der Waals surface area (Å²) in [6.07, 6.45) is 5.74. The molecule has 3 fully saturated rings. The van der Waals surface area contributed by atoms with Crippen molar-refractivity contribution in [2.75, 3.05) is 32.7 Å². The van der Waals surface area contributed by atoms with Crippen LogP contribution in [-0.2, 0) is 4.74 Å². The molecular formula is C18H24N4O3. The van der Waals surface area contributed by atoms with E-state index in [-0.39, 0.29) is 17.6 Å². The maximum atomic E-state index is 12.6. The first-order valence-corrected chi connectivity index (χ1v) is 9.05. The topological polar surface area (TPSA) is 83.6 Å². The minimum Gasteiger partial charge on any atom is -0.441 e. The van der Waals surface area contributed by atoms with Gasteiger partial charge >= 0.3 is 6.09 Å². The first kappa shape index (κ1) is 16.3. The Bertz CT molecular complexity index is 645. The van der Waals surface area contributed by atoms with Crippen LogP contribution in [0.3, 0.4) is 0 Å². The van der Waals surface area contributed by atoms with Crippen LogP contribution in [0.15, 0.2) is 24.5 Å². The Morgan fingerprint density at radius 2 is 2.20 bits per heavy atom. The molecule has 25 heavy (non-hydrogen) atoms. The number of nitrogens with zero attached hydrogens (tertiary/aromatic N) is 2. The summed E-state index contributed by atoms with van der Waals surface area (Å²) in [6, 6.07) is 3.60. The Morgan fingerprint density at radius 3 is 2.88 bits per heavy atom. The third-order valence-corrected chi connectivity index (χ3v) is 5.90. The average Bonchev–Trinajstić information content (AvgIpc) is 3.03. The van der Waals surface area contributed by atoms with Crippen molar-refractivity contribution in [3.05, 3.63) is 30.1 Å². The minimum absolute atomic E-state index is 0.0528. The maximum Gasteiger partial charge on any atom is 0.407 e. The maximum absolute atomic E-state index is 12.6. The van der Waals surface area contributed by atoms with Crippen LogP contribution in [0.4, 0.5) is 4.79 Å². The number of rotatable bonds is 2. The number of carbonyl (C=O) groups is 2. The van der Waals surface area contributed by atoms with Crippen LogP contribution in [0.5, 0.6) is 0 Å². The third-order valence-electron chi connectivity index (χ3n) is 5.90. The first-order chi connectivity index (χ1) is 12.2. The van der Waals surface area contributed by atoms with E-state index in [1.165, 1.54) is 0 Å². The van der Waals surface area contributed by atoms with E-state index in [0.29, 0.717) is 23.9 Å². The van der Waals surface area contributed by atoms with Gasteiger partial charge in [-0.25, -0.2) is 4.79 Å². The van der Waals surface area contributed by atoms with Gasteiger partial charge < -0.3 is 20.3 Å². The van der Waals surface area contributed by atoms with Gasteiger partial charge in [-0.2, -0.15) is 0 Å². The number of aromatic nitrogens is 1. The number of amides is 2. The summed E-state index contributed by atoms with van der Waals surface area (Å²) in [7, 11) is 0. The van der Waals surface area contributed by atoms with Gasteiger partial charge in [-0.05, 0) is 37.4 Å². The van der Waals surface area contributed by atoms with Crippen molar-refractivity contribution < 1.29 is 14.3 Å². The molecule has 7 nitrogen and oxygen atoms in total. The number of piperidine rings is 2. The lowest BCUT2D eigenvalue weighted by Crippen LogP contribution is -2.56. The SMILES string of the molecule is O=C1NCC2(CCNCC2C2CCN(C(=O)c3cccnc3)CC2)O1. The molecule has 2 unspecified atom stereocenters. The largest absolute Gasteiger partial charge is 0.441 e. The first-order valence-electron chi connectivity index (χ1n) is 9.05. The van der Waals surface area contributed by atoms with Gasteiger partial charge in [-0.15, -0.1) is 0 Å². The van der Waals surface area contributed by atoms with Crippen molar-refractivity contribution in [1.29, 1.82) is 0 Å². The normalized spacial score (nSPS) is 30.2. The van der Waals surface area contributed by atoms with Gasteiger partial charge in [0.1, 0.15) is 5.60 Å². The quantitative estimate of drug-likeness (QED) is 0.837. The summed E-state index contributed by atoms with van der Waals surface area (Å²) in [4.78, 5) is 30.1. The third kappa shape index (κ3) is 3.08. The highest BCUT2D eigenvalue weighted by molar-refractivity contribution is 5.93. The van der Waals surface area contributed by atoms with Crippen LogP contribution in [0.2, 0.25) is 0 Å². The number of carbonyl (C=O) groups excluding carboxylic acids is 2. The highest BCUT2D eigenvalue weighted by atomic mass is 16.6. The molecule has 3 aliphatic heterocycles. The summed E-state index contributed by atoms with van der Waals surface area (Å²) in [5.74, 6) is 0.811. The predicted molar refractivity (Wildman–Crippen MR) is 91.1 cm³/mol. The molecule has 0 radical (unpaired) electrons. The molecule has 0 aliphatic carbocycles. The molecule has 2 atom stereocenters. The number of hydrogen-bond donors (Lipinski definition) is 2. The van der Waals surface area contributed by atoms with Crippen molar-refractivity contribution in [1.82, 2.24) is 20.5 Å². The number of hydrogen-bond acceptors (Lipinski definition) is 5. The molecule has 1 aromatic heterocycles. The Kier molecular flexibility index (Phi) is 4.33. The minimum atomic E-state index is -0.372.